The standard InChI is InChI=1S/C63H108O5/c1-4-7-10-13-16-19-22-25-28-31-32-34-35-38-41-44-47-50-53-56-62(64)67-60-61(59-66-58-55-52-49-46-43-40-37-30-27-24-21-18-15-12-9-6-3)68-63(65)57-54-51-48-45-42-39-36-33-29-26-23-20-17-14-11-8-5-2/h9,12,16,18-19,21,25-30,32,34,40,43,61H,4-8,10-11,13-15,17,20,22-24,31,33,35-39,41-42,44-60H2,1-3H3/b12-9-,19-16-,21-18-,28-25-,29-26-,30-27-,34-32-,43-40-. The van der Waals surface area contributed by atoms with Crippen LogP contribution in [0.2, 0.25) is 0 Å². The lowest BCUT2D eigenvalue weighted by atomic mass is 10.1. The maximum absolute atomic E-state index is 12.9. The monoisotopic (exact) mass is 945 g/mol. The first-order chi connectivity index (χ1) is 33.6. The Bertz CT molecular complexity index is 1300. The summed E-state index contributed by atoms with van der Waals surface area (Å²) in [7, 11) is 0. The molecule has 1 unspecified atom stereocenters. The highest BCUT2D eigenvalue weighted by molar-refractivity contribution is 5.70. The first kappa shape index (κ1) is 64.8. The Hall–Kier alpha value is -3.18. The number of ether oxygens (including phenoxy) is 3. The summed E-state index contributed by atoms with van der Waals surface area (Å²) in [5.41, 5.74) is 0. The SMILES string of the molecule is CC/C=C\C/C=C\C/C=C\C/C=C\CCCCCOCC(COC(=O)CCCCCCCC/C=C\C/C=C\C/C=C\CCCCC)OC(=O)CCCCCCCCC/C=C\CCCCCCCC. The lowest BCUT2D eigenvalue weighted by molar-refractivity contribution is -0.163. The van der Waals surface area contributed by atoms with E-state index in [2.05, 4.69) is 118 Å². The van der Waals surface area contributed by atoms with Crippen molar-refractivity contribution >= 4 is 11.9 Å². The van der Waals surface area contributed by atoms with Crippen LogP contribution in [0.4, 0.5) is 0 Å². The molecule has 0 bridgehead atoms. The Morgan fingerprint density at radius 3 is 1.10 bits per heavy atom. The molecule has 0 fully saturated rings. The highest BCUT2D eigenvalue weighted by atomic mass is 16.6. The second kappa shape index (κ2) is 58.1. The second-order valence-electron chi connectivity index (χ2n) is 18.8. The van der Waals surface area contributed by atoms with E-state index in [1.807, 2.05) is 0 Å². The molecule has 0 saturated carbocycles. The second-order valence-corrected chi connectivity index (χ2v) is 18.8. The van der Waals surface area contributed by atoms with Gasteiger partial charge in [-0.25, -0.2) is 0 Å². The van der Waals surface area contributed by atoms with E-state index in [9.17, 15) is 9.59 Å². The van der Waals surface area contributed by atoms with Gasteiger partial charge >= 0.3 is 11.9 Å². The lowest BCUT2D eigenvalue weighted by Crippen LogP contribution is -2.30. The molecule has 0 rings (SSSR count). The van der Waals surface area contributed by atoms with Crippen LogP contribution >= 0.6 is 0 Å². The molecule has 5 heteroatoms. The van der Waals surface area contributed by atoms with Crippen LogP contribution in [0.25, 0.3) is 0 Å². The van der Waals surface area contributed by atoms with Gasteiger partial charge in [-0.1, -0.05) is 227 Å². The third-order valence-corrected chi connectivity index (χ3v) is 12.1. The summed E-state index contributed by atoms with van der Waals surface area (Å²) in [6.07, 6.45) is 78.5. The Morgan fingerprint density at radius 1 is 0.338 bits per heavy atom. The van der Waals surface area contributed by atoms with Gasteiger partial charge in [-0.3, -0.25) is 9.59 Å². The summed E-state index contributed by atoms with van der Waals surface area (Å²) >= 11 is 0. The summed E-state index contributed by atoms with van der Waals surface area (Å²) in [6, 6.07) is 0. The molecule has 0 aliphatic rings. The van der Waals surface area contributed by atoms with E-state index in [1.165, 1.54) is 122 Å². The Labute approximate surface area is 422 Å². The summed E-state index contributed by atoms with van der Waals surface area (Å²) in [4.78, 5) is 25.5. The van der Waals surface area contributed by atoms with Crippen LogP contribution < -0.4 is 0 Å². The molecule has 0 aromatic heterocycles. The zero-order valence-corrected chi connectivity index (χ0v) is 44.8. The number of carbonyl (C=O) groups excluding carboxylic acids is 2. The molecule has 0 N–H and O–H groups in total. The Morgan fingerprint density at radius 2 is 0.662 bits per heavy atom. The number of allylic oxidation sites excluding steroid dienone is 16. The van der Waals surface area contributed by atoms with Crippen molar-refractivity contribution in [1.29, 1.82) is 0 Å². The number of hydrogen-bond donors (Lipinski definition) is 0. The molecule has 0 radical (unpaired) electrons. The van der Waals surface area contributed by atoms with Gasteiger partial charge in [0, 0.05) is 19.4 Å². The Kier molecular flexibility index (Phi) is 55.4. The quantitative estimate of drug-likeness (QED) is 0.0345. The molecule has 0 heterocycles. The van der Waals surface area contributed by atoms with Crippen molar-refractivity contribution in [1.82, 2.24) is 0 Å². The van der Waals surface area contributed by atoms with Crippen molar-refractivity contribution in [2.75, 3.05) is 19.8 Å². The third kappa shape index (κ3) is 55.4. The molecule has 0 amide bonds. The fourth-order valence-corrected chi connectivity index (χ4v) is 7.80. The van der Waals surface area contributed by atoms with Crippen LogP contribution in [0, 0.1) is 0 Å². The van der Waals surface area contributed by atoms with Crippen molar-refractivity contribution in [3.8, 4) is 0 Å². The summed E-state index contributed by atoms with van der Waals surface area (Å²) in [6.45, 7) is 7.61. The van der Waals surface area contributed by atoms with E-state index in [4.69, 9.17) is 14.2 Å². The zero-order chi connectivity index (χ0) is 49.2. The molecule has 0 saturated heterocycles. The molecular formula is C63H108O5. The molecular weight excluding hydrogens is 837 g/mol. The van der Waals surface area contributed by atoms with E-state index in [0.29, 0.717) is 19.4 Å². The van der Waals surface area contributed by atoms with Crippen molar-refractivity contribution < 1.29 is 23.8 Å². The zero-order valence-electron chi connectivity index (χ0n) is 44.8. The molecule has 390 valence electrons. The van der Waals surface area contributed by atoms with Gasteiger partial charge in [-0.2, -0.15) is 0 Å². The van der Waals surface area contributed by atoms with E-state index in [-0.39, 0.29) is 25.2 Å². The molecule has 5 nitrogen and oxygen atoms in total. The lowest BCUT2D eigenvalue weighted by Gasteiger charge is -2.18. The largest absolute Gasteiger partial charge is 0.462 e. The smallest absolute Gasteiger partial charge is 0.306 e. The van der Waals surface area contributed by atoms with Crippen molar-refractivity contribution in [3.63, 3.8) is 0 Å². The fourth-order valence-electron chi connectivity index (χ4n) is 7.80. The number of esters is 2. The van der Waals surface area contributed by atoms with Crippen LogP contribution in [0.1, 0.15) is 265 Å². The number of unbranched alkanes of at least 4 members (excludes halogenated alkanes) is 25. The minimum atomic E-state index is -0.567. The predicted molar refractivity (Wildman–Crippen MR) is 297 cm³/mol. The topological polar surface area (TPSA) is 61.8 Å². The van der Waals surface area contributed by atoms with Gasteiger partial charge in [0.05, 0.1) is 6.61 Å². The highest BCUT2D eigenvalue weighted by Gasteiger charge is 2.17. The molecule has 0 aromatic rings. The van der Waals surface area contributed by atoms with E-state index >= 15 is 0 Å². The summed E-state index contributed by atoms with van der Waals surface area (Å²) in [5.74, 6) is -0.433. The fraction of sp³-hybridized carbons (Fsp3) is 0.714. The van der Waals surface area contributed by atoms with Gasteiger partial charge in [0.15, 0.2) is 6.10 Å². The highest BCUT2D eigenvalue weighted by Crippen LogP contribution is 2.14. The van der Waals surface area contributed by atoms with Crippen LogP contribution in [0.15, 0.2) is 97.2 Å². The van der Waals surface area contributed by atoms with E-state index < -0.39 is 6.10 Å². The van der Waals surface area contributed by atoms with Crippen molar-refractivity contribution in [3.05, 3.63) is 97.2 Å². The maximum Gasteiger partial charge on any atom is 0.306 e. The number of hydrogen-bond acceptors (Lipinski definition) is 5. The van der Waals surface area contributed by atoms with Gasteiger partial charge < -0.3 is 14.2 Å². The molecule has 0 aliphatic carbocycles. The van der Waals surface area contributed by atoms with Crippen LogP contribution in [0.5, 0.6) is 0 Å². The first-order valence-electron chi connectivity index (χ1n) is 28.8. The predicted octanol–water partition coefficient (Wildman–Crippen LogP) is 19.8. The first-order valence-corrected chi connectivity index (χ1v) is 28.8. The van der Waals surface area contributed by atoms with Gasteiger partial charge in [-0.05, 0) is 122 Å². The van der Waals surface area contributed by atoms with Gasteiger partial charge in [0.2, 0.25) is 0 Å². The van der Waals surface area contributed by atoms with E-state index in [1.54, 1.807) is 0 Å². The summed E-state index contributed by atoms with van der Waals surface area (Å²) in [5, 5.41) is 0. The molecule has 0 aromatic carbocycles. The van der Waals surface area contributed by atoms with Crippen molar-refractivity contribution in [2.24, 2.45) is 0 Å². The molecule has 0 spiro atoms. The van der Waals surface area contributed by atoms with Gasteiger partial charge in [0.1, 0.15) is 6.61 Å². The molecule has 0 aliphatic heterocycles. The maximum atomic E-state index is 12.9. The van der Waals surface area contributed by atoms with Gasteiger partial charge in [0.25, 0.3) is 0 Å². The average molecular weight is 946 g/mol. The number of rotatable bonds is 52. The van der Waals surface area contributed by atoms with Crippen LogP contribution in [0.3, 0.4) is 0 Å². The van der Waals surface area contributed by atoms with Gasteiger partial charge in [-0.15, -0.1) is 0 Å². The summed E-state index contributed by atoms with van der Waals surface area (Å²) < 4.78 is 17.4. The number of carbonyl (C=O) groups is 2. The van der Waals surface area contributed by atoms with Crippen LogP contribution in [-0.2, 0) is 23.8 Å². The van der Waals surface area contributed by atoms with E-state index in [0.717, 1.165) is 109 Å². The minimum absolute atomic E-state index is 0.0596. The normalized spacial score (nSPS) is 12.9. The van der Waals surface area contributed by atoms with Crippen LogP contribution in [-0.4, -0.2) is 37.9 Å². The Balaban J connectivity index is 4.36. The molecule has 1 atom stereocenters. The third-order valence-electron chi connectivity index (χ3n) is 12.1. The van der Waals surface area contributed by atoms with Crippen molar-refractivity contribution in [2.45, 2.75) is 271 Å². The average Bonchev–Trinajstić information content (AvgIpc) is 3.34. The minimum Gasteiger partial charge on any atom is -0.462 e. The molecule has 68 heavy (non-hydrogen) atoms.